The standard InChI is InChI=1S/C21H13BrCl2N2O3/c22-16-5-10-19(29-21(28)14-3-8-18(24)9-4-14)15(11-16)12-25-26-20(27)13-1-6-17(23)7-2-13/h1-12H,(H,26,27). The van der Waals surface area contributed by atoms with E-state index in [4.69, 9.17) is 27.9 Å². The lowest BCUT2D eigenvalue weighted by Crippen LogP contribution is -2.17. The molecule has 1 amide bonds. The summed E-state index contributed by atoms with van der Waals surface area (Å²) in [5, 5.41) is 5.00. The van der Waals surface area contributed by atoms with Crippen LogP contribution >= 0.6 is 39.1 Å². The summed E-state index contributed by atoms with van der Waals surface area (Å²) in [5.74, 6) is -0.644. The van der Waals surface area contributed by atoms with E-state index in [9.17, 15) is 9.59 Å². The molecule has 0 aliphatic heterocycles. The fourth-order valence-corrected chi connectivity index (χ4v) is 2.91. The van der Waals surface area contributed by atoms with Gasteiger partial charge in [-0.05, 0) is 66.7 Å². The van der Waals surface area contributed by atoms with Gasteiger partial charge in [0.25, 0.3) is 5.91 Å². The van der Waals surface area contributed by atoms with E-state index in [-0.39, 0.29) is 5.75 Å². The average molecular weight is 492 g/mol. The fourth-order valence-electron chi connectivity index (χ4n) is 2.28. The van der Waals surface area contributed by atoms with Crippen molar-refractivity contribution in [1.82, 2.24) is 5.43 Å². The number of nitrogens with zero attached hydrogens (tertiary/aromatic N) is 1. The summed E-state index contributed by atoms with van der Waals surface area (Å²) in [5.41, 5.74) is 3.69. The quantitative estimate of drug-likeness (QED) is 0.214. The largest absolute Gasteiger partial charge is 0.422 e. The highest BCUT2D eigenvalue weighted by Crippen LogP contribution is 2.23. The lowest BCUT2D eigenvalue weighted by Gasteiger charge is -2.08. The van der Waals surface area contributed by atoms with Crippen LogP contribution in [0, 0.1) is 0 Å². The number of hydrazone groups is 1. The van der Waals surface area contributed by atoms with Crippen molar-refractivity contribution in [2.75, 3.05) is 0 Å². The zero-order valence-electron chi connectivity index (χ0n) is 14.7. The SMILES string of the molecule is O=C(NN=Cc1cc(Br)ccc1OC(=O)c1ccc(Cl)cc1)c1ccc(Cl)cc1. The van der Waals surface area contributed by atoms with Crippen LogP contribution in [-0.2, 0) is 0 Å². The molecule has 0 radical (unpaired) electrons. The molecule has 0 saturated heterocycles. The summed E-state index contributed by atoms with van der Waals surface area (Å²) in [6.07, 6.45) is 1.39. The zero-order valence-corrected chi connectivity index (χ0v) is 17.8. The van der Waals surface area contributed by atoms with Gasteiger partial charge in [0.05, 0.1) is 11.8 Å². The normalized spacial score (nSPS) is 10.7. The molecule has 29 heavy (non-hydrogen) atoms. The van der Waals surface area contributed by atoms with Crippen molar-refractivity contribution in [1.29, 1.82) is 0 Å². The van der Waals surface area contributed by atoms with Crippen molar-refractivity contribution in [2.24, 2.45) is 5.10 Å². The maximum absolute atomic E-state index is 12.4. The molecule has 0 aliphatic rings. The number of ether oxygens (including phenoxy) is 1. The number of amides is 1. The highest BCUT2D eigenvalue weighted by atomic mass is 79.9. The zero-order chi connectivity index (χ0) is 20.8. The van der Waals surface area contributed by atoms with E-state index >= 15 is 0 Å². The van der Waals surface area contributed by atoms with Gasteiger partial charge in [0.1, 0.15) is 5.75 Å². The molecule has 5 nitrogen and oxygen atoms in total. The third-order valence-corrected chi connectivity index (χ3v) is 4.73. The van der Waals surface area contributed by atoms with E-state index < -0.39 is 11.9 Å². The van der Waals surface area contributed by atoms with Gasteiger partial charge in [-0.2, -0.15) is 5.10 Å². The Kier molecular flexibility index (Phi) is 7.04. The molecule has 0 fully saturated rings. The molecule has 3 aromatic carbocycles. The number of nitrogens with one attached hydrogen (secondary N) is 1. The molecular formula is C21H13BrCl2N2O3. The first-order valence-electron chi connectivity index (χ1n) is 8.28. The van der Waals surface area contributed by atoms with Crippen molar-refractivity contribution >= 4 is 57.2 Å². The Morgan fingerprint density at radius 1 is 0.897 bits per heavy atom. The summed E-state index contributed by atoms with van der Waals surface area (Å²) in [6, 6.07) is 17.8. The molecule has 0 heterocycles. The Morgan fingerprint density at radius 2 is 1.48 bits per heavy atom. The van der Waals surface area contributed by atoms with Gasteiger partial charge in [-0.1, -0.05) is 39.1 Å². The molecule has 0 atom stereocenters. The third kappa shape index (κ3) is 5.90. The van der Waals surface area contributed by atoms with E-state index in [1.807, 2.05) is 0 Å². The van der Waals surface area contributed by atoms with Gasteiger partial charge in [0, 0.05) is 25.6 Å². The number of hydrogen-bond donors (Lipinski definition) is 1. The van der Waals surface area contributed by atoms with Gasteiger partial charge in [-0.25, -0.2) is 10.2 Å². The molecule has 1 N–H and O–H groups in total. The van der Waals surface area contributed by atoms with Crippen LogP contribution in [0.3, 0.4) is 0 Å². The molecule has 3 rings (SSSR count). The summed E-state index contributed by atoms with van der Waals surface area (Å²) < 4.78 is 6.22. The molecule has 0 spiro atoms. The number of esters is 1. The molecule has 0 saturated carbocycles. The first-order chi connectivity index (χ1) is 13.9. The summed E-state index contributed by atoms with van der Waals surface area (Å²) >= 11 is 15.0. The number of rotatable bonds is 5. The Balaban J connectivity index is 1.73. The third-order valence-electron chi connectivity index (χ3n) is 3.73. The molecule has 0 bridgehead atoms. The van der Waals surface area contributed by atoms with Crippen LogP contribution in [0.2, 0.25) is 10.0 Å². The van der Waals surface area contributed by atoms with Crippen molar-refractivity contribution in [3.63, 3.8) is 0 Å². The molecule has 0 aromatic heterocycles. The maximum Gasteiger partial charge on any atom is 0.343 e. The van der Waals surface area contributed by atoms with Crippen molar-refractivity contribution in [3.05, 3.63) is 97.9 Å². The Hall–Kier alpha value is -2.67. The van der Waals surface area contributed by atoms with Crippen molar-refractivity contribution in [3.8, 4) is 5.75 Å². The van der Waals surface area contributed by atoms with Crippen LogP contribution in [0.1, 0.15) is 26.3 Å². The van der Waals surface area contributed by atoms with Crippen LogP contribution in [0.4, 0.5) is 0 Å². The van der Waals surface area contributed by atoms with Gasteiger partial charge in [0.2, 0.25) is 0 Å². The predicted molar refractivity (Wildman–Crippen MR) is 117 cm³/mol. The summed E-state index contributed by atoms with van der Waals surface area (Å²) in [7, 11) is 0. The number of hydrogen-bond acceptors (Lipinski definition) is 4. The number of halogens is 3. The average Bonchev–Trinajstić information content (AvgIpc) is 2.70. The number of benzene rings is 3. The van der Waals surface area contributed by atoms with E-state index in [2.05, 4.69) is 26.5 Å². The van der Waals surface area contributed by atoms with Crippen LogP contribution in [0.5, 0.6) is 5.75 Å². The van der Waals surface area contributed by atoms with Gasteiger partial charge >= 0.3 is 5.97 Å². The highest BCUT2D eigenvalue weighted by Gasteiger charge is 2.12. The molecule has 0 aliphatic carbocycles. The summed E-state index contributed by atoms with van der Waals surface area (Å²) in [4.78, 5) is 24.5. The van der Waals surface area contributed by atoms with Crippen LogP contribution < -0.4 is 10.2 Å². The number of carbonyl (C=O) groups is 2. The van der Waals surface area contributed by atoms with Gasteiger partial charge in [-0.15, -0.1) is 0 Å². The van der Waals surface area contributed by atoms with Crippen molar-refractivity contribution < 1.29 is 14.3 Å². The summed E-state index contributed by atoms with van der Waals surface area (Å²) in [6.45, 7) is 0. The molecular weight excluding hydrogens is 479 g/mol. The second kappa shape index (κ2) is 9.69. The predicted octanol–water partition coefficient (Wildman–Crippen LogP) is 5.74. The Labute approximate surface area is 185 Å². The molecule has 146 valence electrons. The van der Waals surface area contributed by atoms with E-state index in [0.717, 1.165) is 4.47 Å². The van der Waals surface area contributed by atoms with Crippen molar-refractivity contribution in [2.45, 2.75) is 0 Å². The van der Waals surface area contributed by atoms with Gasteiger partial charge in [0.15, 0.2) is 0 Å². The van der Waals surface area contributed by atoms with E-state index in [1.165, 1.54) is 6.21 Å². The lowest BCUT2D eigenvalue weighted by atomic mass is 10.2. The van der Waals surface area contributed by atoms with E-state index in [0.29, 0.717) is 26.7 Å². The topological polar surface area (TPSA) is 67.8 Å². The Bertz CT molecular complexity index is 1070. The second-order valence-corrected chi connectivity index (χ2v) is 7.57. The number of carbonyl (C=O) groups excluding carboxylic acids is 2. The molecule has 3 aromatic rings. The fraction of sp³-hybridized carbons (Fsp3) is 0. The highest BCUT2D eigenvalue weighted by molar-refractivity contribution is 9.10. The minimum atomic E-state index is -0.538. The maximum atomic E-state index is 12.4. The van der Waals surface area contributed by atoms with Crippen LogP contribution in [0.25, 0.3) is 0 Å². The lowest BCUT2D eigenvalue weighted by molar-refractivity contribution is 0.0734. The second-order valence-electron chi connectivity index (χ2n) is 5.78. The van der Waals surface area contributed by atoms with Gasteiger partial charge < -0.3 is 4.74 Å². The van der Waals surface area contributed by atoms with Crippen LogP contribution in [0.15, 0.2) is 76.3 Å². The smallest absolute Gasteiger partial charge is 0.343 e. The van der Waals surface area contributed by atoms with E-state index in [1.54, 1.807) is 66.7 Å². The first kappa shape index (κ1) is 21.0. The molecule has 8 heteroatoms. The van der Waals surface area contributed by atoms with Gasteiger partial charge in [-0.3, -0.25) is 4.79 Å². The minimum absolute atomic E-state index is 0.289. The Morgan fingerprint density at radius 3 is 2.10 bits per heavy atom. The first-order valence-corrected chi connectivity index (χ1v) is 9.83. The van der Waals surface area contributed by atoms with Crippen LogP contribution in [-0.4, -0.2) is 18.1 Å². The molecule has 0 unspecified atom stereocenters. The minimum Gasteiger partial charge on any atom is -0.422 e. The monoisotopic (exact) mass is 490 g/mol.